The first-order valence-corrected chi connectivity index (χ1v) is 8.08. The highest BCUT2D eigenvalue weighted by atomic mass is 19.4. The van der Waals surface area contributed by atoms with Crippen molar-refractivity contribution in [3.05, 3.63) is 71.8 Å². The lowest BCUT2D eigenvalue weighted by atomic mass is 10.0. The van der Waals surface area contributed by atoms with E-state index in [-0.39, 0.29) is 6.61 Å². The van der Waals surface area contributed by atoms with Gasteiger partial charge in [-0.2, -0.15) is 18.3 Å². The second-order valence-corrected chi connectivity index (χ2v) is 5.42. The standard InChI is InChI=1S/C19H19F3N2O2/c1-2-26-17(25)13-16(19(20,21)22)23-24-18(14-9-5-3-6-10-14)15-11-7-4-8-12-15/h3-12,16,23H,2,13H2,1H3. The Bertz CT molecular complexity index is 690. The maximum Gasteiger partial charge on any atom is 0.410 e. The van der Waals surface area contributed by atoms with Gasteiger partial charge in [-0.05, 0) is 6.92 Å². The predicted molar refractivity (Wildman–Crippen MR) is 92.8 cm³/mol. The Morgan fingerprint density at radius 1 is 1.04 bits per heavy atom. The second kappa shape index (κ2) is 9.03. The van der Waals surface area contributed by atoms with Crippen LogP contribution in [-0.2, 0) is 9.53 Å². The minimum atomic E-state index is -4.64. The average molecular weight is 364 g/mol. The molecule has 7 heteroatoms. The number of hydrogen-bond donors (Lipinski definition) is 1. The third kappa shape index (κ3) is 5.61. The van der Waals surface area contributed by atoms with E-state index < -0.39 is 24.6 Å². The molecule has 26 heavy (non-hydrogen) atoms. The van der Waals surface area contributed by atoms with Crippen molar-refractivity contribution in [2.24, 2.45) is 5.10 Å². The zero-order valence-corrected chi connectivity index (χ0v) is 14.2. The summed E-state index contributed by atoms with van der Waals surface area (Å²) in [5.41, 5.74) is 3.77. The van der Waals surface area contributed by atoms with Gasteiger partial charge in [0.2, 0.25) is 0 Å². The van der Waals surface area contributed by atoms with Gasteiger partial charge < -0.3 is 4.74 Å². The molecule has 0 saturated carbocycles. The summed E-state index contributed by atoms with van der Waals surface area (Å²) in [7, 11) is 0. The summed E-state index contributed by atoms with van der Waals surface area (Å²) in [4.78, 5) is 11.5. The van der Waals surface area contributed by atoms with Crippen molar-refractivity contribution in [3.8, 4) is 0 Å². The number of ether oxygens (including phenoxy) is 1. The van der Waals surface area contributed by atoms with Crippen LogP contribution in [0.5, 0.6) is 0 Å². The quantitative estimate of drug-likeness (QED) is 0.460. The summed E-state index contributed by atoms with van der Waals surface area (Å²) >= 11 is 0. The minimum Gasteiger partial charge on any atom is -0.466 e. The number of nitrogens with zero attached hydrogens (tertiary/aromatic N) is 1. The summed E-state index contributed by atoms with van der Waals surface area (Å²) < 4.78 is 44.3. The van der Waals surface area contributed by atoms with Crippen molar-refractivity contribution in [1.29, 1.82) is 0 Å². The van der Waals surface area contributed by atoms with Crippen molar-refractivity contribution < 1.29 is 22.7 Å². The smallest absolute Gasteiger partial charge is 0.410 e. The maximum atomic E-state index is 13.2. The molecule has 0 aliphatic carbocycles. The van der Waals surface area contributed by atoms with Gasteiger partial charge >= 0.3 is 12.1 Å². The molecule has 1 atom stereocenters. The van der Waals surface area contributed by atoms with Gasteiger partial charge in [0.15, 0.2) is 0 Å². The van der Waals surface area contributed by atoms with Crippen LogP contribution in [-0.4, -0.2) is 30.5 Å². The normalized spacial score (nSPS) is 12.2. The van der Waals surface area contributed by atoms with Gasteiger partial charge in [-0.3, -0.25) is 10.2 Å². The van der Waals surface area contributed by atoms with E-state index in [0.717, 1.165) is 0 Å². The molecular formula is C19H19F3N2O2. The Kier molecular flexibility index (Phi) is 6.77. The summed E-state index contributed by atoms with van der Waals surface area (Å²) in [5, 5.41) is 3.98. The molecule has 138 valence electrons. The first-order chi connectivity index (χ1) is 12.4. The SMILES string of the molecule is CCOC(=O)CC(NN=C(c1ccccc1)c1ccccc1)C(F)(F)F. The molecule has 0 aliphatic heterocycles. The fourth-order valence-corrected chi connectivity index (χ4v) is 2.25. The maximum absolute atomic E-state index is 13.2. The predicted octanol–water partition coefficient (Wildman–Crippen LogP) is 3.91. The number of esters is 1. The van der Waals surface area contributed by atoms with Crippen LogP contribution in [0.1, 0.15) is 24.5 Å². The summed E-state index contributed by atoms with van der Waals surface area (Å²) in [6, 6.07) is 15.6. The zero-order chi connectivity index (χ0) is 19.0. The summed E-state index contributed by atoms with van der Waals surface area (Å²) in [5.74, 6) is -0.932. The van der Waals surface area contributed by atoms with Crippen molar-refractivity contribution in [2.75, 3.05) is 6.61 Å². The van der Waals surface area contributed by atoms with E-state index in [4.69, 9.17) is 0 Å². The molecule has 0 spiro atoms. The lowest BCUT2D eigenvalue weighted by molar-refractivity contribution is -0.169. The van der Waals surface area contributed by atoms with Crippen molar-refractivity contribution in [2.45, 2.75) is 25.6 Å². The van der Waals surface area contributed by atoms with E-state index in [1.54, 1.807) is 60.7 Å². The molecule has 0 radical (unpaired) electrons. The van der Waals surface area contributed by atoms with E-state index in [1.807, 2.05) is 0 Å². The molecule has 1 unspecified atom stereocenters. The highest BCUT2D eigenvalue weighted by Gasteiger charge is 2.41. The van der Waals surface area contributed by atoms with Crippen LogP contribution < -0.4 is 5.43 Å². The number of hydrogen-bond acceptors (Lipinski definition) is 4. The molecule has 0 amide bonds. The largest absolute Gasteiger partial charge is 0.466 e. The fraction of sp³-hybridized carbons (Fsp3) is 0.263. The van der Waals surface area contributed by atoms with Gasteiger partial charge in [0, 0.05) is 11.1 Å². The third-order valence-corrected chi connectivity index (χ3v) is 3.50. The molecule has 2 rings (SSSR count). The molecule has 1 N–H and O–H groups in total. The van der Waals surface area contributed by atoms with Gasteiger partial charge in [-0.1, -0.05) is 60.7 Å². The van der Waals surface area contributed by atoms with E-state index in [0.29, 0.717) is 16.8 Å². The molecule has 2 aromatic carbocycles. The number of alkyl halides is 3. The molecule has 0 bridgehead atoms. The number of nitrogens with one attached hydrogen (secondary N) is 1. The van der Waals surface area contributed by atoms with Crippen LogP contribution >= 0.6 is 0 Å². The number of hydrazone groups is 1. The van der Waals surface area contributed by atoms with E-state index in [2.05, 4.69) is 15.3 Å². The fourth-order valence-electron chi connectivity index (χ4n) is 2.25. The number of benzene rings is 2. The van der Waals surface area contributed by atoms with Crippen molar-refractivity contribution >= 4 is 11.7 Å². The first kappa shape index (κ1) is 19.5. The van der Waals surface area contributed by atoms with Crippen LogP contribution in [0, 0.1) is 0 Å². The molecular weight excluding hydrogens is 345 g/mol. The molecule has 0 heterocycles. The highest BCUT2D eigenvalue weighted by Crippen LogP contribution is 2.23. The lowest BCUT2D eigenvalue weighted by Gasteiger charge is -2.20. The number of rotatable bonds is 7. The average Bonchev–Trinajstić information content (AvgIpc) is 2.62. The number of carbonyl (C=O) groups excluding carboxylic acids is 1. The Morgan fingerprint density at radius 2 is 1.54 bits per heavy atom. The molecule has 0 aliphatic rings. The van der Waals surface area contributed by atoms with Gasteiger partial charge in [0.1, 0.15) is 6.04 Å². The molecule has 0 fully saturated rings. The van der Waals surface area contributed by atoms with Crippen molar-refractivity contribution in [1.82, 2.24) is 5.43 Å². The first-order valence-electron chi connectivity index (χ1n) is 8.08. The second-order valence-electron chi connectivity index (χ2n) is 5.42. The topological polar surface area (TPSA) is 50.7 Å². The molecule has 2 aromatic rings. The Balaban J connectivity index is 2.31. The molecule has 0 saturated heterocycles. The van der Waals surface area contributed by atoms with Crippen LogP contribution in [0.2, 0.25) is 0 Å². The van der Waals surface area contributed by atoms with E-state index >= 15 is 0 Å². The molecule has 0 aromatic heterocycles. The van der Waals surface area contributed by atoms with E-state index in [1.165, 1.54) is 6.92 Å². The lowest BCUT2D eigenvalue weighted by Crippen LogP contribution is -2.42. The van der Waals surface area contributed by atoms with Crippen LogP contribution in [0.4, 0.5) is 13.2 Å². The monoisotopic (exact) mass is 364 g/mol. The van der Waals surface area contributed by atoms with Crippen LogP contribution in [0.25, 0.3) is 0 Å². The minimum absolute atomic E-state index is 0.0198. The van der Waals surface area contributed by atoms with Gasteiger partial charge in [0.05, 0.1) is 18.7 Å². The van der Waals surface area contributed by atoms with Crippen LogP contribution in [0.3, 0.4) is 0 Å². The van der Waals surface area contributed by atoms with Gasteiger partial charge in [-0.15, -0.1) is 0 Å². The third-order valence-electron chi connectivity index (χ3n) is 3.50. The number of carbonyl (C=O) groups is 1. The summed E-state index contributed by atoms with van der Waals surface area (Å²) in [6.07, 6.45) is -5.49. The zero-order valence-electron chi connectivity index (χ0n) is 14.2. The Hall–Kier alpha value is -2.83. The van der Waals surface area contributed by atoms with E-state index in [9.17, 15) is 18.0 Å². The van der Waals surface area contributed by atoms with Gasteiger partial charge in [-0.25, -0.2) is 0 Å². The van der Waals surface area contributed by atoms with Gasteiger partial charge in [0.25, 0.3) is 0 Å². The van der Waals surface area contributed by atoms with Crippen LogP contribution in [0.15, 0.2) is 65.8 Å². The summed E-state index contributed by atoms with van der Waals surface area (Å²) in [6.45, 7) is 1.56. The highest BCUT2D eigenvalue weighted by molar-refractivity contribution is 6.12. The Labute approximate surface area is 149 Å². The number of halogens is 3. The molecule has 4 nitrogen and oxygen atoms in total. The van der Waals surface area contributed by atoms with Crippen molar-refractivity contribution in [3.63, 3.8) is 0 Å². The Morgan fingerprint density at radius 3 is 1.96 bits per heavy atom.